The summed E-state index contributed by atoms with van der Waals surface area (Å²) in [5.41, 5.74) is 0.641. The first-order valence-corrected chi connectivity index (χ1v) is 17.6. The van der Waals surface area contributed by atoms with Crippen LogP contribution in [0.5, 0.6) is 0 Å². The van der Waals surface area contributed by atoms with Crippen molar-refractivity contribution < 1.29 is 40.3 Å². The Labute approximate surface area is 263 Å². The van der Waals surface area contributed by atoms with Gasteiger partial charge in [0.25, 0.3) is 0 Å². The summed E-state index contributed by atoms with van der Waals surface area (Å²) in [4.78, 5) is 28.6. The summed E-state index contributed by atoms with van der Waals surface area (Å²) < 4.78 is 78.9. The number of nitrogens with zero attached hydrogens (tertiary/aromatic N) is 1. The van der Waals surface area contributed by atoms with Crippen LogP contribution in [0.25, 0.3) is 0 Å². The van der Waals surface area contributed by atoms with Gasteiger partial charge in [0.2, 0.25) is 31.9 Å². The van der Waals surface area contributed by atoms with E-state index < -0.39 is 67.5 Å². The second-order valence-electron chi connectivity index (χ2n) is 10.1. The van der Waals surface area contributed by atoms with Crippen molar-refractivity contribution in [3.8, 4) is 0 Å². The fourth-order valence-corrected chi connectivity index (χ4v) is 6.04. The third kappa shape index (κ3) is 12.4. The number of rotatable bonds is 18. The highest BCUT2D eigenvalue weighted by Gasteiger charge is 2.33. The van der Waals surface area contributed by atoms with Gasteiger partial charge in [0, 0.05) is 37.2 Å². The molecule has 0 spiro atoms. The molecule has 3 N–H and O–H groups in total. The second-order valence-corrected chi connectivity index (χ2v) is 14.1. The Hall–Kier alpha value is -2.66. The maximum Gasteiger partial charge on any atom is 0.245 e. The molecule has 0 aliphatic heterocycles. The summed E-state index contributed by atoms with van der Waals surface area (Å²) in [6.07, 6.45) is 0.0619. The lowest BCUT2D eigenvalue weighted by molar-refractivity contribution is -0.163. The molecule has 0 saturated carbocycles. The van der Waals surface area contributed by atoms with Gasteiger partial charge in [0.15, 0.2) is 6.29 Å². The Morgan fingerprint density at radius 2 is 1.59 bits per heavy atom. The number of amides is 2. The molecule has 0 aliphatic carbocycles. The standard InChI is InChI=1S/C28H40ClFN4O8S2/c1-6-41-26(42-7-2)18-34(19(3)4)28(36)24(15-20-11-13-21(29)14-12-20)32-27(35)25(33-43(5,37)38)17-31-44(39,40)23-10-8-9-22(30)16-23/h8-14,16,19,24-26,31,33H,6-7,15,17-18H2,1-5H3,(H,32,35). The van der Waals surface area contributed by atoms with E-state index in [-0.39, 0.29) is 19.0 Å². The molecule has 0 heterocycles. The maximum absolute atomic E-state index is 14.0. The third-order valence-corrected chi connectivity index (χ3v) is 8.57. The number of carbonyl (C=O) groups is 2. The average molecular weight is 679 g/mol. The number of hydrogen-bond acceptors (Lipinski definition) is 8. The van der Waals surface area contributed by atoms with Gasteiger partial charge in [-0.2, -0.15) is 0 Å². The van der Waals surface area contributed by atoms with Crippen molar-refractivity contribution in [2.24, 2.45) is 0 Å². The van der Waals surface area contributed by atoms with Gasteiger partial charge in [-0.15, -0.1) is 0 Å². The zero-order valence-corrected chi connectivity index (χ0v) is 27.6. The molecule has 12 nitrogen and oxygen atoms in total. The van der Waals surface area contributed by atoms with Crippen LogP contribution in [0.3, 0.4) is 0 Å². The minimum absolute atomic E-state index is 0.000483. The quantitative estimate of drug-likeness (QED) is 0.202. The Morgan fingerprint density at radius 1 is 0.977 bits per heavy atom. The minimum Gasteiger partial charge on any atom is -0.351 e. The van der Waals surface area contributed by atoms with Crippen LogP contribution in [0, 0.1) is 5.82 Å². The van der Waals surface area contributed by atoms with Gasteiger partial charge in [0.1, 0.15) is 17.9 Å². The topological polar surface area (TPSA) is 160 Å². The van der Waals surface area contributed by atoms with Crippen LogP contribution in [-0.2, 0) is 45.5 Å². The Balaban J connectivity index is 2.40. The SMILES string of the molecule is CCOC(CN(C(=O)C(Cc1ccc(Cl)cc1)NC(=O)C(CNS(=O)(=O)c1cccc(F)c1)NS(C)(=O)=O)C(C)C)OCC. The lowest BCUT2D eigenvalue weighted by Gasteiger charge is -2.34. The summed E-state index contributed by atoms with van der Waals surface area (Å²) in [5.74, 6) is -2.28. The fraction of sp³-hybridized carbons (Fsp3) is 0.500. The molecular weight excluding hydrogens is 639 g/mol. The van der Waals surface area contributed by atoms with E-state index in [4.69, 9.17) is 21.1 Å². The van der Waals surface area contributed by atoms with E-state index in [2.05, 4.69) is 14.8 Å². The van der Waals surface area contributed by atoms with E-state index in [1.807, 2.05) is 0 Å². The van der Waals surface area contributed by atoms with Crippen LogP contribution >= 0.6 is 11.6 Å². The highest BCUT2D eigenvalue weighted by atomic mass is 35.5. The first-order valence-electron chi connectivity index (χ1n) is 13.9. The van der Waals surface area contributed by atoms with Gasteiger partial charge in [-0.05, 0) is 63.6 Å². The van der Waals surface area contributed by atoms with Crippen molar-refractivity contribution >= 4 is 43.5 Å². The van der Waals surface area contributed by atoms with E-state index in [9.17, 15) is 30.8 Å². The molecule has 0 radical (unpaired) electrons. The number of hydrogen-bond donors (Lipinski definition) is 3. The number of sulfonamides is 2. The largest absolute Gasteiger partial charge is 0.351 e. The summed E-state index contributed by atoms with van der Waals surface area (Å²) in [7, 11) is -8.37. The number of nitrogens with one attached hydrogen (secondary N) is 3. The molecule has 2 unspecified atom stereocenters. The van der Waals surface area contributed by atoms with Crippen molar-refractivity contribution in [2.75, 3.05) is 32.6 Å². The molecule has 0 aliphatic rings. The van der Waals surface area contributed by atoms with Gasteiger partial charge in [-0.1, -0.05) is 29.8 Å². The third-order valence-electron chi connectivity index (χ3n) is 6.18. The van der Waals surface area contributed by atoms with Crippen LogP contribution in [-0.4, -0.2) is 90.5 Å². The molecule has 2 amide bonds. The zero-order chi connectivity index (χ0) is 33.1. The lowest BCUT2D eigenvalue weighted by Crippen LogP contribution is -2.59. The van der Waals surface area contributed by atoms with E-state index in [1.54, 1.807) is 52.0 Å². The fourth-order valence-electron chi connectivity index (χ4n) is 4.13. The second kappa shape index (κ2) is 17.1. The molecule has 44 heavy (non-hydrogen) atoms. The molecule has 0 saturated heterocycles. The molecule has 2 rings (SSSR count). The summed E-state index contributed by atoms with van der Waals surface area (Å²) >= 11 is 6.02. The zero-order valence-electron chi connectivity index (χ0n) is 25.2. The molecule has 2 aromatic rings. The normalized spacial score (nSPS) is 13.6. The summed E-state index contributed by atoms with van der Waals surface area (Å²) in [6.45, 7) is 7.11. The van der Waals surface area contributed by atoms with Gasteiger partial charge in [-0.25, -0.2) is 30.7 Å². The smallest absolute Gasteiger partial charge is 0.245 e. The number of halogens is 2. The Kier molecular flexibility index (Phi) is 14.6. The maximum atomic E-state index is 14.0. The van der Waals surface area contributed by atoms with E-state index >= 15 is 0 Å². The van der Waals surface area contributed by atoms with E-state index in [0.29, 0.717) is 23.8 Å². The van der Waals surface area contributed by atoms with E-state index in [1.165, 1.54) is 11.0 Å². The van der Waals surface area contributed by atoms with Crippen molar-refractivity contribution in [3.63, 3.8) is 0 Å². The Bertz CT molecular complexity index is 1450. The summed E-state index contributed by atoms with van der Waals surface area (Å²) in [6, 6.07) is 7.55. The Morgan fingerprint density at radius 3 is 2.11 bits per heavy atom. The average Bonchev–Trinajstić information content (AvgIpc) is 2.93. The first kappa shape index (κ1) is 37.5. The monoisotopic (exact) mass is 678 g/mol. The number of ether oxygens (including phenoxy) is 2. The van der Waals surface area contributed by atoms with Crippen LogP contribution in [0.1, 0.15) is 33.3 Å². The number of benzene rings is 2. The van der Waals surface area contributed by atoms with Crippen LogP contribution in [0.2, 0.25) is 5.02 Å². The van der Waals surface area contributed by atoms with Crippen LogP contribution in [0.4, 0.5) is 4.39 Å². The molecule has 0 bridgehead atoms. The predicted octanol–water partition coefficient (Wildman–Crippen LogP) is 2.04. The van der Waals surface area contributed by atoms with Gasteiger partial charge in [0.05, 0.1) is 17.7 Å². The van der Waals surface area contributed by atoms with E-state index in [0.717, 1.165) is 24.5 Å². The molecule has 2 aromatic carbocycles. The molecule has 0 fully saturated rings. The van der Waals surface area contributed by atoms with Gasteiger partial charge in [-0.3, -0.25) is 9.59 Å². The molecular formula is C28H40ClFN4O8S2. The number of carbonyl (C=O) groups excluding carboxylic acids is 2. The van der Waals surface area contributed by atoms with Crippen LogP contribution in [0.15, 0.2) is 53.4 Å². The highest BCUT2D eigenvalue weighted by Crippen LogP contribution is 2.15. The predicted molar refractivity (Wildman–Crippen MR) is 164 cm³/mol. The van der Waals surface area contributed by atoms with Crippen molar-refractivity contribution in [1.82, 2.24) is 19.7 Å². The minimum atomic E-state index is -4.33. The van der Waals surface area contributed by atoms with Crippen LogP contribution < -0.4 is 14.8 Å². The van der Waals surface area contributed by atoms with Gasteiger partial charge < -0.3 is 19.7 Å². The first-order chi connectivity index (χ1) is 20.6. The highest BCUT2D eigenvalue weighted by molar-refractivity contribution is 7.89. The molecule has 0 aromatic heterocycles. The summed E-state index contributed by atoms with van der Waals surface area (Å²) in [5, 5.41) is 3.06. The lowest BCUT2D eigenvalue weighted by atomic mass is 10.0. The van der Waals surface area contributed by atoms with Gasteiger partial charge >= 0.3 is 0 Å². The van der Waals surface area contributed by atoms with Crippen molar-refractivity contribution in [2.45, 2.75) is 63.4 Å². The molecule has 246 valence electrons. The van der Waals surface area contributed by atoms with Crippen molar-refractivity contribution in [3.05, 3.63) is 64.9 Å². The molecule has 16 heteroatoms. The molecule has 2 atom stereocenters. The van der Waals surface area contributed by atoms with Crippen molar-refractivity contribution in [1.29, 1.82) is 0 Å².